The highest BCUT2D eigenvalue weighted by molar-refractivity contribution is 5.72. The Kier molecular flexibility index (Phi) is 5.89. The van der Waals surface area contributed by atoms with Crippen LogP contribution in [0.1, 0.15) is 48.4 Å². The van der Waals surface area contributed by atoms with Crippen LogP contribution in [-0.2, 0) is 11.2 Å². The molecule has 2 aliphatic rings. The number of carbonyl (C=O) groups is 1. The lowest BCUT2D eigenvalue weighted by molar-refractivity contribution is -0.145. The molecule has 1 atom stereocenters. The number of hydrogen-bond donors (Lipinski definition) is 2. The SMILES string of the molecule is Cc1cc(-c2nc(-c3ccc4c(c3)CCC[C@H]4N[C@H]3C[C@H](C(=O)O)C3)no2)ccc1-c1ccccc1. The number of benzene rings is 3. The average molecular weight is 480 g/mol. The van der Waals surface area contributed by atoms with Gasteiger partial charge in [0.25, 0.3) is 5.89 Å². The third kappa shape index (κ3) is 4.33. The second-order valence-corrected chi connectivity index (χ2v) is 10.0. The van der Waals surface area contributed by atoms with E-state index in [4.69, 9.17) is 14.6 Å². The normalized spacial score (nSPS) is 21.0. The van der Waals surface area contributed by atoms with Crippen LogP contribution in [-0.4, -0.2) is 27.3 Å². The molecule has 1 fully saturated rings. The van der Waals surface area contributed by atoms with Crippen LogP contribution in [0.5, 0.6) is 0 Å². The molecule has 0 amide bonds. The van der Waals surface area contributed by atoms with Gasteiger partial charge in [0.15, 0.2) is 0 Å². The molecule has 0 aliphatic heterocycles. The van der Waals surface area contributed by atoms with Crippen LogP contribution < -0.4 is 5.32 Å². The van der Waals surface area contributed by atoms with Gasteiger partial charge in [-0.05, 0) is 85.0 Å². The zero-order chi connectivity index (χ0) is 24.6. The summed E-state index contributed by atoms with van der Waals surface area (Å²) in [5, 5.41) is 17.1. The van der Waals surface area contributed by atoms with Crippen molar-refractivity contribution in [1.82, 2.24) is 15.5 Å². The van der Waals surface area contributed by atoms with Crippen LogP contribution in [0.15, 0.2) is 71.3 Å². The molecule has 1 heterocycles. The summed E-state index contributed by atoms with van der Waals surface area (Å²) in [4.78, 5) is 15.8. The average Bonchev–Trinajstić information content (AvgIpc) is 3.36. The van der Waals surface area contributed by atoms with E-state index < -0.39 is 5.97 Å². The van der Waals surface area contributed by atoms with E-state index in [1.165, 1.54) is 22.3 Å². The molecule has 0 bridgehead atoms. The minimum atomic E-state index is -0.677. The molecule has 1 saturated carbocycles. The molecular weight excluding hydrogens is 450 g/mol. The predicted octanol–water partition coefficient (Wildman–Crippen LogP) is 6.21. The topological polar surface area (TPSA) is 88.2 Å². The molecule has 0 saturated heterocycles. The highest BCUT2D eigenvalue weighted by Gasteiger charge is 2.36. The first-order valence-electron chi connectivity index (χ1n) is 12.7. The van der Waals surface area contributed by atoms with Gasteiger partial charge in [-0.2, -0.15) is 4.98 Å². The summed E-state index contributed by atoms with van der Waals surface area (Å²) in [7, 11) is 0. The second kappa shape index (κ2) is 9.36. The van der Waals surface area contributed by atoms with Crippen molar-refractivity contribution < 1.29 is 14.4 Å². The first-order valence-corrected chi connectivity index (χ1v) is 12.7. The summed E-state index contributed by atoms with van der Waals surface area (Å²) in [5.41, 5.74) is 8.02. The molecule has 2 aliphatic carbocycles. The summed E-state index contributed by atoms with van der Waals surface area (Å²) < 4.78 is 5.65. The summed E-state index contributed by atoms with van der Waals surface area (Å²) >= 11 is 0. The second-order valence-electron chi connectivity index (χ2n) is 10.0. The molecule has 0 spiro atoms. The summed E-state index contributed by atoms with van der Waals surface area (Å²) in [6, 6.07) is 23.6. The zero-order valence-electron chi connectivity index (χ0n) is 20.3. The van der Waals surface area contributed by atoms with E-state index in [0.29, 0.717) is 17.8 Å². The molecule has 2 N–H and O–H groups in total. The van der Waals surface area contributed by atoms with E-state index in [2.05, 4.69) is 59.9 Å². The van der Waals surface area contributed by atoms with Crippen LogP contribution in [0.4, 0.5) is 0 Å². The van der Waals surface area contributed by atoms with Crippen LogP contribution >= 0.6 is 0 Å². The maximum absolute atomic E-state index is 11.1. The molecule has 0 unspecified atom stereocenters. The third-order valence-electron chi connectivity index (χ3n) is 7.62. The Balaban J connectivity index is 1.20. The van der Waals surface area contributed by atoms with Crippen molar-refractivity contribution in [2.75, 3.05) is 0 Å². The molecule has 182 valence electrons. The van der Waals surface area contributed by atoms with Gasteiger partial charge >= 0.3 is 5.97 Å². The maximum Gasteiger partial charge on any atom is 0.306 e. The monoisotopic (exact) mass is 479 g/mol. The number of rotatable bonds is 6. The number of aromatic nitrogens is 2. The number of carboxylic acid groups (broad SMARTS) is 1. The Bertz CT molecular complexity index is 1410. The zero-order valence-corrected chi connectivity index (χ0v) is 20.3. The van der Waals surface area contributed by atoms with Crippen molar-refractivity contribution in [2.45, 2.75) is 51.1 Å². The van der Waals surface area contributed by atoms with Crippen LogP contribution in [0.3, 0.4) is 0 Å². The Morgan fingerprint density at radius 2 is 1.81 bits per heavy atom. The van der Waals surface area contributed by atoms with E-state index in [1.54, 1.807) is 0 Å². The Hall–Kier alpha value is -3.77. The van der Waals surface area contributed by atoms with Gasteiger partial charge in [-0.3, -0.25) is 4.79 Å². The lowest BCUT2D eigenvalue weighted by Crippen LogP contribution is -2.46. The summed E-state index contributed by atoms with van der Waals surface area (Å²) in [6.07, 6.45) is 4.64. The molecule has 1 aromatic heterocycles. The van der Waals surface area contributed by atoms with E-state index in [9.17, 15) is 4.79 Å². The fourth-order valence-electron chi connectivity index (χ4n) is 5.56. The van der Waals surface area contributed by atoms with Crippen molar-refractivity contribution in [1.29, 1.82) is 0 Å². The molecule has 0 radical (unpaired) electrons. The lowest BCUT2D eigenvalue weighted by Gasteiger charge is -2.38. The molecule has 4 aromatic rings. The number of aryl methyl sites for hydroxylation is 2. The van der Waals surface area contributed by atoms with Gasteiger partial charge in [0.1, 0.15) is 0 Å². The molecule has 6 rings (SSSR count). The minimum Gasteiger partial charge on any atom is -0.481 e. The van der Waals surface area contributed by atoms with Gasteiger partial charge in [0.05, 0.1) is 5.92 Å². The van der Waals surface area contributed by atoms with Crippen molar-refractivity contribution in [3.05, 3.63) is 83.4 Å². The van der Waals surface area contributed by atoms with Gasteiger partial charge < -0.3 is 14.9 Å². The van der Waals surface area contributed by atoms with Crippen molar-refractivity contribution in [2.24, 2.45) is 5.92 Å². The smallest absolute Gasteiger partial charge is 0.306 e. The predicted molar refractivity (Wildman–Crippen MR) is 138 cm³/mol. The lowest BCUT2D eigenvalue weighted by atomic mass is 9.78. The number of hydrogen-bond acceptors (Lipinski definition) is 5. The van der Waals surface area contributed by atoms with Gasteiger partial charge in [-0.25, -0.2) is 0 Å². The highest BCUT2D eigenvalue weighted by Crippen LogP contribution is 2.36. The van der Waals surface area contributed by atoms with Crippen LogP contribution in [0.2, 0.25) is 0 Å². The maximum atomic E-state index is 11.1. The number of nitrogens with one attached hydrogen (secondary N) is 1. The van der Waals surface area contributed by atoms with Gasteiger partial charge in [-0.1, -0.05) is 53.7 Å². The minimum absolute atomic E-state index is 0.196. The Labute approximate surface area is 210 Å². The van der Waals surface area contributed by atoms with Gasteiger partial charge in [0.2, 0.25) is 5.82 Å². The number of carboxylic acids is 1. The first kappa shape index (κ1) is 22.7. The number of nitrogens with zero attached hydrogens (tertiary/aromatic N) is 2. The van der Waals surface area contributed by atoms with Crippen molar-refractivity contribution >= 4 is 5.97 Å². The Morgan fingerprint density at radius 3 is 2.58 bits per heavy atom. The van der Waals surface area contributed by atoms with Crippen LogP contribution in [0.25, 0.3) is 34.0 Å². The quantitative estimate of drug-likeness (QED) is 0.342. The highest BCUT2D eigenvalue weighted by atomic mass is 16.5. The fourth-order valence-corrected chi connectivity index (χ4v) is 5.56. The van der Waals surface area contributed by atoms with E-state index in [1.807, 2.05) is 24.3 Å². The molecule has 3 aromatic carbocycles. The third-order valence-corrected chi connectivity index (χ3v) is 7.62. The molecule has 6 nitrogen and oxygen atoms in total. The van der Waals surface area contributed by atoms with Crippen LogP contribution in [0, 0.1) is 12.8 Å². The van der Waals surface area contributed by atoms with E-state index in [0.717, 1.165) is 48.8 Å². The first-order chi connectivity index (χ1) is 17.5. The molecular formula is C30H29N3O3. The standard InChI is InChI=1S/C30H29N3O3/c1-18-14-22(11-12-25(18)19-6-3-2-4-7-19)29-32-28(33-36-29)21-10-13-26-20(15-21)8-5-9-27(26)31-24-16-23(17-24)30(34)35/h2-4,6-7,10-15,23-24,27,31H,5,8-9,16-17H2,1H3,(H,34,35)/t23-,24-,27-/m1/s1. The fraction of sp³-hybridized carbons (Fsp3) is 0.300. The van der Waals surface area contributed by atoms with E-state index >= 15 is 0 Å². The Morgan fingerprint density at radius 1 is 1.00 bits per heavy atom. The van der Waals surface area contributed by atoms with Gasteiger partial charge in [0, 0.05) is 23.2 Å². The largest absolute Gasteiger partial charge is 0.481 e. The van der Waals surface area contributed by atoms with E-state index in [-0.39, 0.29) is 12.0 Å². The molecule has 6 heteroatoms. The summed E-state index contributed by atoms with van der Waals surface area (Å²) in [5.74, 6) is 0.237. The number of aliphatic carboxylic acids is 1. The number of fused-ring (bicyclic) bond motifs is 1. The summed E-state index contributed by atoms with van der Waals surface area (Å²) in [6.45, 7) is 2.10. The van der Waals surface area contributed by atoms with Crippen molar-refractivity contribution in [3.8, 4) is 34.0 Å². The molecule has 36 heavy (non-hydrogen) atoms. The van der Waals surface area contributed by atoms with Crippen molar-refractivity contribution in [3.63, 3.8) is 0 Å². The van der Waals surface area contributed by atoms with Gasteiger partial charge in [-0.15, -0.1) is 0 Å².